The van der Waals surface area contributed by atoms with E-state index in [0.717, 1.165) is 16.5 Å². The Labute approximate surface area is 102 Å². The van der Waals surface area contributed by atoms with E-state index in [1.165, 1.54) is 5.39 Å². The van der Waals surface area contributed by atoms with Crippen LogP contribution < -0.4 is 0 Å². The largest absolute Gasteiger partial charge is 0.294 e. The zero-order valence-corrected chi connectivity index (χ0v) is 10.7. The van der Waals surface area contributed by atoms with Gasteiger partial charge in [0.15, 0.2) is 5.78 Å². The molecule has 0 bridgehead atoms. The number of fused-ring (bicyclic) bond motifs is 1. The minimum absolute atomic E-state index is 0.253. The average molecular weight is 226 g/mol. The van der Waals surface area contributed by atoms with Crippen LogP contribution in [-0.4, -0.2) is 5.78 Å². The van der Waals surface area contributed by atoms with Gasteiger partial charge in [0, 0.05) is 12.0 Å². The summed E-state index contributed by atoms with van der Waals surface area (Å²) in [5, 5.41) is 2.34. The topological polar surface area (TPSA) is 17.1 Å². The molecule has 0 radical (unpaired) electrons. The van der Waals surface area contributed by atoms with Gasteiger partial charge >= 0.3 is 0 Å². The molecule has 0 N–H and O–H groups in total. The molecule has 2 aromatic rings. The average Bonchev–Trinajstić information content (AvgIpc) is 2.27. The number of ketones is 1. The Balaban J connectivity index is 2.47. The van der Waals surface area contributed by atoms with Gasteiger partial charge in [-0.1, -0.05) is 44.2 Å². The minimum Gasteiger partial charge on any atom is -0.294 e. The summed E-state index contributed by atoms with van der Waals surface area (Å²) in [7, 11) is 0. The van der Waals surface area contributed by atoms with Crippen LogP contribution >= 0.6 is 0 Å². The highest BCUT2D eigenvalue weighted by molar-refractivity contribution is 6.01. The normalized spacial score (nSPS) is 11.1. The predicted octanol–water partition coefficient (Wildman–Crippen LogP) is 4.38. The van der Waals surface area contributed by atoms with Gasteiger partial charge in [-0.25, -0.2) is 0 Å². The van der Waals surface area contributed by atoms with Crippen LogP contribution in [0.4, 0.5) is 0 Å². The first-order valence-electron chi connectivity index (χ1n) is 6.10. The molecular weight excluding hydrogens is 208 g/mol. The van der Waals surface area contributed by atoms with Crippen molar-refractivity contribution >= 4 is 16.6 Å². The second-order valence-corrected chi connectivity index (χ2v) is 5.04. The van der Waals surface area contributed by atoms with Crippen molar-refractivity contribution in [3.63, 3.8) is 0 Å². The Morgan fingerprint density at radius 3 is 2.29 bits per heavy atom. The Kier molecular flexibility index (Phi) is 3.28. The molecule has 88 valence electrons. The first-order chi connectivity index (χ1) is 8.08. The van der Waals surface area contributed by atoms with Crippen molar-refractivity contribution in [2.24, 2.45) is 5.92 Å². The molecule has 0 saturated carbocycles. The van der Waals surface area contributed by atoms with Gasteiger partial charge in [-0.15, -0.1) is 0 Å². The van der Waals surface area contributed by atoms with Gasteiger partial charge in [0.05, 0.1) is 0 Å². The van der Waals surface area contributed by atoms with Crippen molar-refractivity contribution in [3.8, 4) is 0 Å². The van der Waals surface area contributed by atoms with E-state index in [0.29, 0.717) is 12.3 Å². The summed E-state index contributed by atoms with van der Waals surface area (Å²) in [6, 6.07) is 12.3. The van der Waals surface area contributed by atoms with E-state index in [1.807, 2.05) is 25.1 Å². The maximum atomic E-state index is 12.1. The zero-order chi connectivity index (χ0) is 12.4. The van der Waals surface area contributed by atoms with Gasteiger partial charge in [0.1, 0.15) is 0 Å². The van der Waals surface area contributed by atoms with Crippen LogP contribution in [0.3, 0.4) is 0 Å². The van der Waals surface area contributed by atoms with Crippen LogP contribution in [0.2, 0.25) is 0 Å². The quantitative estimate of drug-likeness (QED) is 0.710. The summed E-state index contributed by atoms with van der Waals surface area (Å²) < 4.78 is 0. The lowest BCUT2D eigenvalue weighted by molar-refractivity contribution is 0.0967. The van der Waals surface area contributed by atoms with Gasteiger partial charge in [-0.05, 0) is 35.2 Å². The van der Waals surface area contributed by atoms with Gasteiger partial charge in [0.2, 0.25) is 0 Å². The lowest BCUT2D eigenvalue weighted by atomic mass is 9.95. The molecule has 0 amide bonds. The van der Waals surface area contributed by atoms with Crippen LogP contribution in [0.25, 0.3) is 10.8 Å². The van der Waals surface area contributed by atoms with E-state index in [4.69, 9.17) is 0 Å². The zero-order valence-electron chi connectivity index (χ0n) is 10.7. The van der Waals surface area contributed by atoms with Crippen LogP contribution in [0.1, 0.15) is 36.2 Å². The highest BCUT2D eigenvalue weighted by Gasteiger charge is 2.11. The van der Waals surface area contributed by atoms with E-state index in [1.54, 1.807) is 0 Å². The molecule has 0 fully saturated rings. The summed E-state index contributed by atoms with van der Waals surface area (Å²) in [5.74, 6) is 0.664. The molecular formula is C16H18O. The second-order valence-electron chi connectivity index (χ2n) is 5.04. The highest BCUT2D eigenvalue weighted by atomic mass is 16.1. The van der Waals surface area contributed by atoms with Crippen LogP contribution in [0.5, 0.6) is 0 Å². The van der Waals surface area contributed by atoms with Crippen molar-refractivity contribution in [3.05, 3.63) is 47.5 Å². The fraction of sp³-hybridized carbons (Fsp3) is 0.312. The lowest BCUT2D eigenvalue weighted by Gasteiger charge is -2.09. The molecule has 0 saturated heterocycles. The number of carbonyl (C=O) groups is 1. The molecule has 0 heterocycles. The van der Waals surface area contributed by atoms with Crippen molar-refractivity contribution < 1.29 is 4.79 Å². The molecule has 1 heteroatoms. The Bertz CT molecular complexity index is 552. The first-order valence-corrected chi connectivity index (χ1v) is 6.10. The maximum absolute atomic E-state index is 12.1. The third kappa shape index (κ3) is 2.55. The highest BCUT2D eigenvalue weighted by Crippen LogP contribution is 2.21. The SMILES string of the molecule is Cc1cc2ccccc2cc1C(=O)CC(C)C. The summed E-state index contributed by atoms with van der Waals surface area (Å²) >= 11 is 0. The van der Waals surface area contributed by atoms with Crippen molar-refractivity contribution in [2.45, 2.75) is 27.2 Å². The molecule has 0 aliphatic heterocycles. The van der Waals surface area contributed by atoms with Crippen molar-refractivity contribution in [2.75, 3.05) is 0 Å². The number of hydrogen-bond donors (Lipinski definition) is 0. The van der Waals surface area contributed by atoms with E-state index < -0.39 is 0 Å². The smallest absolute Gasteiger partial charge is 0.163 e. The summed E-state index contributed by atoms with van der Waals surface area (Å²) in [5.41, 5.74) is 1.95. The second kappa shape index (κ2) is 4.70. The summed E-state index contributed by atoms with van der Waals surface area (Å²) in [6.45, 7) is 6.17. The molecule has 1 nitrogen and oxygen atoms in total. The standard InChI is InChI=1S/C16H18O/c1-11(2)8-16(17)15-10-14-7-5-4-6-13(14)9-12(15)3/h4-7,9-11H,8H2,1-3H3. The van der Waals surface area contributed by atoms with Crippen LogP contribution in [0.15, 0.2) is 36.4 Å². The molecule has 0 aliphatic rings. The lowest BCUT2D eigenvalue weighted by Crippen LogP contribution is -2.05. The Morgan fingerprint density at radius 2 is 1.71 bits per heavy atom. The first kappa shape index (κ1) is 11.8. The fourth-order valence-electron chi connectivity index (χ4n) is 2.14. The van der Waals surface area contributed by atoms with Gasteiger partial charge < -0.3 is 0 Å². The molecule has 0 aliphatic carbocycles. The molecule has 0 atom stereocenters. The molecule has 0 unspecified atom stereocenters. The fourth-order valence-corrected chi connectivity index (χ4v) is 2.14. The van der Waals surface area contributed by atoms with E-state index in [9.17, 15) is 4.79 Å². The van der Waals surface area contributed by atoms with Gasteiger partial charge in [-0.2, -0.15) is 0 Å². The molecule has 17 heavy (non-hydrogen) atoms. The minimum atomic E-state index is 0.253. The number of rotatable bonds is 3. The monoisotopic (exact) mass is 226 g/mol. The number of aryl methyl sites for hydroxylation is 1. The third-order valence-electron chi connectivity index (χ3n) is 2.99. The Morgan fingerprint density at radius 1 is 1.12 bits per heavy atom. The summed E-state index contributed by atoms with van der Waals surface area (Å²) in [6.07, 6.45) is 0.624. The van der Waals surface area contributed by atoms with Gasteiger partial charge in [-0.3, -0.25) is 4.79 Å². The van der Waals surface area contributed by atoms with E-state index in [2.05, 4.69) is 32.0 Å². The van der Waals surface area contributed by atoms with Crippen LogP contribution in [-0.2, 0) is 0 Å². The number of hydrogen-bond acceptors (Lipinski definition) is 1. The summed E-state index contributed by atoms with van der Waals surface area (Å²) in [4.78, 5) is 12.1. The van der Waals surface area contributed by atoms with Crippen LogP contribution in [0, 0.1) is 12.8 Å². The predicted molar refractivity (Wildman–Crippen MR) is 72.5 cm³/mol. The number of benzene rings is 2. The molecule has 0 aromatic heterocycles. The maximum Gasteiger partial charge on any atom is 0.163 e. The third-order valence-corrected chi connectivity index (χ3v) is 2.99. The van der Waals surface area contributed by atoms with Gasteiger partial charge in [0.25, 0.3) is 0 Å². The molecule has 2 aromatic carbocycles. The Hall–Kier alpha value is -1.63. The van der Waals surface area contributed by atoms with E-state index >= 15 is 0 Å². The van der Waals surface area contributed by atoms with Crippen molar-refractivity contribution in [1.82, 2.24) is 0 Å². The number of carbonyl (C=O) groups excluding carboxylic acids is 1. The molecule has 0 spiro atoms. The molecule has 2 rings (SSSR count). The van der Waals surface area contributed by atoms with E-state index in [-0.39, 0.29) is 5.78 Å². The van der Waals surface area contributed by atoms with Crippen molar-refractivity contribution in [1.29, 1.82) is 0 Å². The number of Topliss-reactive ketones (excluding diaryl/α,β-unsaturated/α-hetero) is 1.